The van der Waals surface area contributed by atoms with Crippen LogP contribution in [-0.4, -0.2) is 24.2 Å². The Morgan fingerprint density at radius 2 is 1.96 bits per heavy atom. The third kappa shape index (κ3) is 5.63. The lowest BCUT2D eigenvalue weighted by Gasteiger charge is -2.13. The van der Waals surface area contributed by atoms with Crippen LogP contribution < -0.4 is 14.8 Å². The van der Waals surface area contributed by atoms with Crippen molar-refractivity contribution in [3.05, 3.63) is 51.1 Å². The molecule has 0 aromatic heterocycles. The number of ether oxygens (including phenoxy) is 2. The minimum absolute atomic E-state index is 0.0748. The van der Waals surface area contributed by atoms with Crippen molar-refractivity contribution in [2.24, 2.45) is 0 Å². The van der Waals surface area contributed by atoms with Crippen LogP contribution in [0, 0.1) is 26.2 Å². The molecule has 0 aliphatic heterocycles. The number of phenolic OH excluding ortho intramolecular Hbond substituents is 1. The van der Waals surface area contributed by atoms with E-state index in [2.05, 4.69) is 5.32 Å². The molecule has 0 aliphatic carbocycles. The Balaban J connectivity index is 2.32. The average molecular weight is 489 g/mol. The van der Waals surface area contributed by atoms with Gasteiger partial charge < -0.3 is 19.9 Å². The van der Waals surface area contributed by atoms with E-state index in [0.29, 0.717) is 32.9 Å². The van der Waals surface area contributed by atoms with Gasteiger partial charge in [-0.25, -0.2) is 0 Å². The first-order chi connectivity index (χ1) is 13.5. The number of nitriles is 2. The predicted molar refractivity (Wildman–Crippen MR) is 112 cm³/mol. The molecule has 7 nitrogen and oxygen atoms in total. The first-order valence-corrected chi connectivity index (χ1v) is 9.24. The van der Waals surface area contributed by atoms with Crippen molar-refractivity contribution in [2.75, 3.05) is 18.5 Å². The number of hydrogen-bond acceptors (Lipinski definition) is 6. The van der Waals surface area contributed by atoms with Crippen LogP contribution in [0.2, 0.25) is 0 Å². The molecule has 0 unspecified atom stereocenters. The first kappa shape index (κ1) is 21.1. The molecule has 2 aromatic rings. The second kappa shape index (κ2) is 10.2. The zero-order chi connectivity index (χ0) is 20.5. The number of halogens is 1. The fourth-order valence-electron chi connectivity index (χ4n) is 2.24. The summed E-state index contributed by atoms with van der Waals surface area (Å²) >= 11 is 2.04. The maximum absolute atomic E-state index is 12.4. The van der Waals surface area contributed by atoms with Gasteiger partial charge in [0.15, 0.2) is 18.1 Å². The normalized spacial score (nSPS) is 10.5. The van der Waals surface area contributed by atoms with Crippen LogP contribution in [0.3, 0.4) is 0 Å². The molecule has 0 saturated heterocycles. The van der Waals surface area contributed by atoms with Crippen molar-refractivity contribution in [3.8, 4) is 29.4 Å². The number of phenols is 1. The molecule has 2 rings (SSSR count). The summed E-state index contributed by atoms with van der Waals surface area (Å²) in [5, 5.41) is 30.0. The molecule has 28 heavy (non-hydrogen) atoms. The quantitative estimate of drug-likeness (QED) is 0.264. The van der Waals surface area contributed by atoms with Crippen molar-refractivity contribution < 1.29 is 19.4 Å². The molecular formula is C20H16IN3O4. The molecule has 0 heterocycles. The number of carbonyl (C=O) groups excluding carboxylic acids is 1. The monoisotopic (exact) mass is 489 g/mol. The summed E-state index contributed by atoms with van der Waals surface area (Å²) in [6.45, 7) is 2.08. The number of amides is 1. The lowest BCUT2D eigenvalue weighted by atomic mass is 10.1. The van der Waals surface area contributed by atoms with E-state index in [-0.39, 0.29) is 17.9 Å². The molecule has 0 aliphatic rings. The third-order valence-corrected chi connectivity index (χ3v) is 4.22. The standard InChI is InChI=1S/C20H16IN3O4/c1-2-27-18-11-13(10-17(21)19(18)28-8-7-22)9-14(12-23)20(26)24-15-3-5-16(25)6-4-15/h3-6,9-11,25H,2,8H2,1H3,(H,24,26)/b14-9+. The highest BCUT2D eigenvalue weighted by atomic mass is 127. The molecule has 0 radical (unpaired) electrons. The van der Waals surface area contributed by atoms with Crippen molar-refractivity contribution in [1.29, 1.82) is 10.5 Å². The zero-order valence-corrected chi connectivity index (χ0v) is 17.1. The van der Waals surface area contributed by atoms with Crippen LogP contribution in [-0.2, 0) is 4.79 Å². The Morgan fingerprint density at radius 1 is 1.25 bits per heavy atom. The Hall–Kier alpha value is -3.24. The maximum Gasteiger partial charge on any atom is 0.266 e. The van der Waals surface area contributed by atoms with E-state index in [4.69, 9.17) is 14.7 Å². The van der Waals surface area contributed by atoms with E-state index in [1.54, 1.807) is 12.1 Å². The van der Waals surface area contributed by atoms with Crippen LogP contribution in [0.25, 0.3) is 6.08 Å². The number of nitrogens with zero attached hydrogens (tertiary/aromatic N) is 2. The van der Waals surface area contributed by atoms with Crippen LogP contribution in [0.4, 0.5) is 5.69 Å². The Morgan fingerprint density at radius 3 is 2.57 bits per heavy atom. The van der Waals surface area contributed by atoms with Gasteiger partial charge in [-0.1, -0.05) is 0 Å². The molecule has 0 bridgehead atoms. The molecule has 0 atom stereocenters. The Kier molecular flexibility index (Phi) is 7.66. The number of aromatic hydroxyl groups is 1. The number of carbonyl (C=O) groups is 1. The van der Waals surface area contributed by atoms with Gasteiger partial charge in [-0.15, -0.1) is 0 Å². The van der Waals surface area contributed by atoms with Gasteiger partial charge in [0.1, 0.15) is 23.5 Å². The van der Waals surface area contributed by atoms with Crippen molar-refractivity contribution in [2.45, 2.75) is 6.92 Å². The number of nitrogens with one attached hydrogen (secondary N) is 1. The van der Waals surface area contributed by atoms with Gasteiger partial charge in [-0.05, 0) is 77.6 Å². The summed E-state index contributed by atoms with van der Waals surface area (Å²) in [5.41, 5.74) is 0.931. The summed E-state index contributed by atoms with van der Waals surface area (Å²) < 4.78 is 11.7. The Labute approximate surface area is 175 Å². The van der Waals surface area contributed by atoms with Gasteiger partial charge in [0.2, 0.25) is 0 Å². The largest absolute Gasteiger partial charge is 0.508 e. The fraction of sp³-hybridized carbons (Fsp3) is 0.150. The van der Waals surface area contributed by atoms with E-state index < -0.39 is 5.91 Å². The van der Waals surface area contributed by atoms with Gasteiger partial charge in [0, 0.05) is 5.69 Å². The molecule has 0 fully saturated rings. The summed E-state index contributed by atoms with van der Waals surface area (Å²) in [6, 6.07) is 13.1. The highest BCUT2D eigenvalue weighted by Crippen LogP contribution is 2.35. The predicted octanol–water partition coefficient (Wildman–Crippen LogP) is 3.84. The number of rotatable bonds is 7. The number of benzene rings is 2. The lowest BCUT2D eigenvalue weighted by molar-refractivity contribution is -0.112. The second-order valence-electron chi connectivity index (χ2n) is 5.38. The molecule has 2 aromatic carbocycles. The number of anilines is 1. The van der Waals surface area contributed by atoms with Gasteiger partial charge in [0.05, 0.1) is 10.2 Å². The van der Waals surface area contributed by atoms with E-state index >= 15 is 0 Å². The highest BCUT2D eigenvalue weighted by Gasteiger charge is 2.14. The van der Waals surface area contributed by atoms with Gasteiger partial charge in [-0.3, -0.25) is 4.79 Å². The van der Waals surface area contributed by atoms with E-state index in [9.17, 15) is 15.2 Å². The fourth-order valence-corrected chi connectivity index (χ4v) is 3.02. The molecule has 0 spiro atoms. The summed E-state index contributed by atoms with van der Waals surface area (Å²) in [7, 11) is 0. The zero-order valence-electron chi connectivity index (χ0n) is 14.9. The van der Waals surface area contributed by atoms with Crippen LogP contribution >= 0.6 is 22.6 Å². The van der Waals surface area contributed by atoms with Crippen molar-refractivity contribution in [3.63, 3.8) is 0 Å². The summed E-state index contributed by atoms with van der Waals surface area (Å²) in [6.07, 6.45) is 1.44. The molecule has 0 saturated carbocycles. The molecule has 8 heteroatoms. The summed E-state index contributed by atoms with van der Waals surface area (Å²) in [4.78, 5) is 12.4. The number of hydrogen-bond donors (Lipinski definition) is 2. The van der Waals surface area contributed by atoms with Gasteiger partial charge in [-0.2, -0.15) is 10.5 Å². The van der Waals surface area contributed by atoms with Crippen LogP contribution in [0.5, 0.6) is 17.2 Å². The van der Waals surface area contributed by atoms with Crippen molar-refractivity contribution >= 4 is 40.3 Å². The van der Waals surface area contributed by atoms with Gasteiger partial charge >= 0.3 is 0 Å². The van der Waals surface area contributed by atoms with E-state index in [1.165, 1.54) is 30.3 Å². The summed E-state index contributed by atoms with van der Waals surface area (Å²) in [5.74, 6) is 0.358. The van der Waals surface area contributed by atoms with Crippen LogP contribution in [0.1, 0.15) is 12.5 Å². The molecule has 2 N–H and O–H groups in total. The maximum atomic E-state index is 12.4. The molecule has 1 amide bonds. The van der Waals surface area contributed by atoms with E-state index in [0.717, 1.165) is 0 Å². The van der Waals surface area contributed by atoms with Crippen molar-refractivity contribution in [1.82, 2.24) is 0 Å². The third-order valence-electron chi connectivity index (χ3n) is 3.41. The smallest absolute Gasteiger partial charge is 0.266 e. The highest BCUT2D eigenvalue weighted by molar-refractivity contribution is 14.1. The average Bonchev–Trinajstić information content (AvgIpc) is 2.67. The van der Waals surface area contributed by atoms with Crippen LogP contribution in [0.15, 0.2) is 42.0 Å². The minimum Gasteiger partial charge on any atom is -0.508 e. The van der Waals surface area contributed by atoms with Gasteiger partial charge in [0.25, 0.3) is 5.91 Å². The molecule has 142 valence electrons. The Bertz CT molecular complexity index is 973. The second-order valence-corrected chi connectivity index (χ2v) is 6.54. The topological polar surface area (TPSA) is 115 Å². The minimum atomic E-state index is -0.578. The SMILES string of the molecule is CCOc1cc(/C=C(\C#N)C(=O)Nc2ccc(O)cc2)cc(I)c1OCC#N. The van der Waals surface area contributed by atoms with E-state index in [1.807, 2.05) is 41.7 Å². The molecular weight excluding hydrogens is 473 g/mol. The lowest BCUT2D eigenvalue weighted by Crippen LogP contribution is -2.13. The first-order valence-electron chi connectivity index (χ1n) is 8.16.